The number of carbonyl (C=O) groups is 2. The number of nitrogens with one attached hydrogen (secondary N) is 3. The zero-order valence-electron chi connectivity index (χ0n) is 22.0. The number of amides is 2. The second kappa shape index (κ2) is 10.8. The van der Waals surface area contributed by atoms with Crippen LogP contribution in [0.5, 0.6) is 11.5 Å². The number of carbonyl (C=O) groups excluding carboxylic acids is 2. The summed E-state index contributed by atoms with van der Waals surface area (Å²) in [5, 5.41) is 18.3. The number of rotatable bonds is 7. The quantitative estimate of drug-likeness (QED) is 0.309. The number of nitro benzene ring substituents is 1. The topological polar surface area (TPSA) is 142 Å². The Morgan fingerprint density at radius 2 is 1.77 bits per heavy atom. The summed E-state index contributed by atoms with van der Waals surface area (Å²) < 4.78 is 10.9. The molecule has 3 N–H and O–H groups in total. The van der Waals surface area contributed by atoms with Crippen LogP contribution in [0, 0.1) is 10.1 Å². The van der Waals surface area contributed by atoms with Gasteiger partial charge in [-0.25, -0.2) is 0 Å². The second-order valence-corrected chi connectivity index (χ2v) is 9.78. The molecular formula is C27H32N6O6. The van der Waals surface area contributed by atoms with Gasteiger partial charge in [0.25, 0.3) is 11.6 Å². The van der Waals surface area contributed by atoms with Gasteiger partial charge in [0, 0.05) is 43.7 Å². The molecule has 0 radical (unpaired) electrons. The molecule has 0 atom stereocenters. The van der Waals surface area contributed by atoms with E-state index in [-0.39, 0.29) is 22.8 Å². The monoisotopic (exact) mass is 536 g/mol. The molecule has 12 heteroatoms. The highest BCUT2D eigenvalue weighted by atomic mass is 16.6. The number of H-pyrrole nitrogens is 1. The average Bonchev–Trinajstić information content (AvgIpc) is 3.42. The molecule has 2 aliphatic heterocycles. The van der Waals surface area contributed by atoms with Crippen LogP contribution in [0.4, 0.5) is 11.4 Å². The number of piperidine rings is 1. The van der Waals surface area contributed by atoms with Gasteiger partial charge in [0.05, 0.1) is 24.8 Å². The summed E-state index contributed by atoms with van der Waals surface area (Å²) in [4.78, 5) is 45.1. The number of methoxy groups -OCH3 is 2. The number of para-hydroxylation sites is 1. The van der Waals surface area contributed by atoms with Crippen molar-refractivity contribution >= 4 is 34.1 Å². The number of benzene rings is 2. The Hall–Kier alpha value is -4.32. The van der Waals surface area contributed by atoms with Crippen molar-refractivity contribution in [3.8, 4) is 11.5 Å². The molecule has 12 nitrogen and oxygen atoms in total. The Morgan fingerprint density at radius 1 is 1.03 bits per heavy atom. The van der Waals surface area contributed by atoms with Crippen molar-refractivity contribution in [2.24, 2.45) is 0 Å². The largest absolute Gasteiger partial charge is 0.497 e. The van der Waals surface area contributed by atoms with Crippen LogP contribution in [0.1, 0.15) is 23.3 Å². The minimum absolute atomic E-state index is 0.106. The first kappa shape index (κ1) is 26.3. The van der Waals surface area contributed by atoms with Crippen LogP contribution in [0.15, 0.2) is 42.5 Å². The zero-order valence-corrected chi connectivity index (χ0v) is 22.0. The van der Waals surface area contributed by atoms with Gasteiger partial charge in [-0.2, -0.15) is 0 Å². The fourth-order valence-electron chi connectivity index (χ4n) is 5.44. The smallest absolute Gasteiger partial charge is 0.293 e. The summed E-state index contributed by atoms with van der Waals surface area (Å²) in [7, 11) is 3.23. The summed E-state index contributed by atoms with van der Waals surface area (Å²) in [5.41, 5.74) is 0.226. The first-order valence-electron chi connectivity index (χ1n) is 12.9. The minimum atomic E-state index is -1.06. The Labute approximate surface area is 225 Å². The van der Waals surface area contributed by atoms with E-state index in [1.54, 1.807) is 32.4 Å². The fraction of sp³-hybridized carbons (Fsp3) is 0.407. The Kier molecular flexibility index (Phi) is 7.29. The van der Waals surface area contributed by atoms with Crippen molar-refractivity contribution in [2.45, 2.75) is 18.4 Å². The third-order valence-electron chi connectivity index (χ3n) is 7.59. The third-order valence-corrected chi connectivity index (χ3v) is 7.59. The molecule has 0 unspecified atom stereocenters. The molecule has 2 saturated heterocycles. The molecule has 0 aliphatic carbocycles. The van der Waals surface area contributed by atoms with E-state index in [2.05, 4.69) is 20.5 Å². The highest BCUT2D eigenvalue weighted by Gasteiger charge is 2.44. The molecule has 1 aromatic heterocycles. The fourth-order valence-corrected chi connectivity index (χ4v) is 5.44. The number of nitrogens with zero attached hydrogens (tertiary/aromatic N) is 3. The number of anilines is 1. The van der Waals surface area contributed by atoms with Gasteiger partial charge in [0.1, 0.15) is 28.2 Å². The first-order valence-corrected chi connectivity index (χ1v) is 12.9. The maximum absolute atomic E-state index is 13.9. The summed E-state index contributed by atoms with van der Waals surface area (Å²) in [6.45, 7) is 3.40. The molecule has 39 heavy (non-hydrogen) atoms. The van der Waals surface area contributed by atoms with Gasteiger partial charge in [-0.3, -0.25) is 19.7 Å². The van der Waals surface area contributed by atoms with Crippen molar-refractivity contribution < 1.29 is 24.0 Å². The van der Waals surface area contributed by atoms with E-state index >= 15 is 0 Å². The Balaban J connectivity index is 1.32. The van der Waals surface area contributed by atoms with Crippen LogP contribution in [0.2, 0.25) is 0 Å². The third kappa shape index (κ3) is 5.07. The maximum Gasteiger partial charge on any atom is 0.293 e. The molecule has 0 saturated carbocycles. The number of hydrogen-bond acceptors (Lipinski definition) is 8. The molecule has 0 bridgehead atoms. The summed E-state index contributed by atoms with van der Waals surface area (Å²) in [6, 6.07) is 11.9. The molecule has 3 aromatic rings. The van der Waals surface area contributed by atoms with E-state index in [4.69, 9.17) is 9.47 Å². The number of piperazine rings is 1. The van der Waals surface area contributed by atoms with E-state index in [0.717, 1.165) is 5.69 Å². The number of aromatic amines is 1. The summed E-state index contributed by atoms with van der Waals surface area (Å²) in [6.07, 6.45) is 0.898. The van der Waals surface area contributed by atoms with Crippen molar-refractivity contribution in [2.75, 3.05) is 58.4 Å². The van der Waals surface area contributed by atoms with Gasteiger partial charge in [-0.05, 0) is 44.1 Å². The summed E-state index contributed by atoms with van der Waals surface area (Å²) >= 11 is 0. The standard InChI is InChI=1S/C27H32N6O6/c1-38-19-6-7-21(23(17-19)39-2)31-12-14-32(15-13-31)26(35)27(8-10-28-11-9-27)30-25(34)20-16-18-4-3-5-22(33(36)37)24(18)29-20/h3-7,16-17,28-29H,8-15H2,1-2H3,(H,30,34). The molecule has 2 amide bonds. The highest BCUT2D eigenvalue weighted by molar-refractivity contribution is 6.02. The van der Waals surface area contributed by atoms with Crippen LogP contribution in [-0.2, 0) is 4.79 Å². The van der Waals surface area contributed by atoms with Crippen LogP contribution in [0.25, 0.3) is 10.9 Å². The molecule has 2 aliphatic rings. The van der Waals surface area contributed by atoms with Crippen LogP contribution in [-0.4, -0.2) is 85.6 Å². The minimum Gasteiger partial charge on any atom is -0.497 e. The number of nitro groups is 1. The van der Waals surface area contributed by atoms with Gasteiger partial charge < -0.3 is 34.9 Å². The lowest BCUT2D eigenvalue weighted by atomic mass is 9.86. The lowest BCUT2D eigenvalue weighted by molar-refractivity contribution is -0.383. The maximum atomic E-state index is 13.9. The van der Waals surface area contributed by atoms with E-state index in [9.17, 15) is 19.7 Å². The lowest BCUT2D eigenvalue weighted by Crippen LogP contribution is -2.65. The molecule has 2 fully saturated rings. The van der Waals surface area contributed by atoms with Crippen molar-refractivity contribution in [1.29, 1.82) is 0 Å². The number of hydrogen-bond donors (Lipinski definition) is 3. The average molecular weight is 537 g/mol. The molecular weight excluding hydrogens is 504 g/mol. The zero-order chi connectivity index (χ0) is 27.6. The van der Waals surface area contributed by atoms with E-state index in [1.165, 1.54) is 6.07 Å². The normalized spacial score (nSPS) is 17.1. The molecule has 0 spiro atoms. The van der Waals surface area contributed by atoms with Crippen molar-refractivity contribution in [3.63, 3.8) is 0 Å². The Bertz CT molecular complexity index is 1390. The van der Waals surface area contributed by atoms with Crippen molar-refractivity contribution in [1.82, 2.24) is 20.5 Å². The van der Waals surface area contributed by atoms with Crippen molar-refractivity contribution in [3.05, 3.63) is 58.3 Å². The van der Waals surface area contributed by atoms with Crippen LogP contribution >= 0.6 is 0 Å². The SMILES string of the molecule is COc1ccc(N2CCN(C(=O)C3(NC(=O)c4cc5cccc([N+](=O)[O-])c5[nH]4)CCNCC3)CC2)c(OC)c1. The van der Waals surface area contributed by atoms with Gasteiger partial charge >= 0.3 is 0 Å². The summed E-state index contributed by atoms with van der Waals surface area (Å²) in [5.74, 6) is 0.838. The van der Waals surface area contributed by atoms with Gasteiger partial charge in [0.2, 0.25) is 5.91 Å². The molecule has 5 rings (SSSR count). The molecule has 206 valence electrons. The number of fused-ring (bicyclic) bond motifs is 1. The second-order valence-electron chi connectivity index (χ2n) is 9.78. The van der Waals surface area contributed by atoms with E-state index in [1.807, 2.05) is 23.1 Å². The molecule has 3 heterocycles. The van der Waals surface area contributed by atoms with Gasteiger partial charge in [-0.15, -0.1) is 0 Å². The lowest BCUT2D eigenvalue weighted by Gasteiger charge is -2.43. The van der Waals surface area contributed by atoms with Crippen LogP contribution in [0.3, 0.4) is 0 Å². The van der Waals surface area contributed by atoms with E-state index in [0.29, 0.717) is 69.0 Å². The number of non-ortho nitro benzene ring substituents is 1. The first-order chi connectivity index (χ1) is 18.8. The number of aromatic nitrogens is 1. The predicted molar refractivity (Wildman–Crippen MR) is 146 cm³/mol. The van der Waals surface area contributed by atoms with E-state index < -0.39 is 16.4 Å². The van der Waals surface area contributed by atoms with Crippen LogP contribution < -0.4 is 25.0 Å². The Morgan fingerprint density at radius 3 is 2.44 bits per heavy atom. The van der Waals surface area contributed by atoms with Gasteiger partial charge in [0.15, 0.2) is 0 Å². The van der Waals surface area contributed by atoms with Gasteiger partial charge in [-0.1, -0.05) is 12.1 Å². The predicted octanol–water partition coefficient (Wildman–Crippen LogP) is 2.29. The number of ether oxygens (including phenoxy) is 2. The highest BCUT2D eigenvalue weighted by Crippen LogP contribution is 2.33. The molecule has 2 aromatic carbocycles.